The third-order valence-electron chi connectivity index (χ3n) is 7.95. The van der Waals surface area contributed by atoms with Crippen molar-refractivity contribution in [2.75, 3.05) is 7.11 Å². The second-order valence-electron chi connectivity index (χ2n) is 11.1. The maximum atomic E-state index is 14.0. The van der Waals surface area contributed by atoms with Gasteiger partial charge in [-0.2, -0.15) is 15.0 Å². The van der Waals surface area contributed by atoms with Crippen molar-refractivity contribution in [1.29, 1.82) is 5.26 Å². The Bertz CT molecular complexity index is 2190. The molecule has 222 valence electrons. The van der Waals surface area contributed by atoms with Crippen LogP contribution in [0.3, 0.4) is 0 Å². The fourth-order valence-corrected chi connectivity index (χ4v) is 5.53. The number of hydrogen-bond donors (Lipinski definition) is 0. The molecule has 6 aromatic rings. The average Bonchev–Trinajstić information content (AvgIpc) is 3.06. The van der Waals surface area contributed by atoms with Crippen LogP contribution in [0.2, 0.25) is 0 Å². The molecule has 0 aliphatic rings. The predicted molar refractivity (Wildman–Crippen MR) is 179 cm³/mol. The van der Waals surface area contributed by atoms with E-state index in [4.69, 9.17) is 19.6 Å². The van der Waals surface area contributed by atoms with Crippen LogP contribution in [0.25, 0.3) is 33.1 Å². The maximum absolute atomic E-state index is 14.0. The first-order valence-electron chi connectivity index (χ1n) is 14.8. The molecule has 0 aliphatic heterocycles. The van der Waals surface area contributed by atoms with E-state index in [1.165, 1.54) is 4.68 Å². The van der Waals surface area contributed by atoms with Crippen molar-refractivity contribution >= 4 is 27.9 Å². The fourth-order valence-electron chi connectivity index (χ4n) is 5.53. The van der Waals surface area contributed by atoms with Gasteiger partial charge in [0, 0.05) is 16.7 Å². The molecule has 1 aromatic heterocycles. The van der Waals surface area contributed by atoms with Crippen LogP contribution in [0.4, 0.5) is 0 Å². The molecule has 0 N–H and O–H groups in total. The number of fused-ring (bicyclic) bond motifs is 2. The van der Waals surface area contributed by atoms with Crippen molar-refractivity contribution < 1.29 is 9.47 Å². The van der Waals surface area contributed by atoms with E-state index < -0.39 is 0 Å². The van der Waals surface area contributed by atoms with Crippen molar-refractivity contribution in [3.63, 3.8) is 0 Å². The lowest BCUT2D eigenvalue weighted by molar-refractivity contribution is 0.306. The Balaban J connectivity index is 1.54. The second-order valence-corrected chi connectivity index (χ2v) is 11.1. The molecule has 0 spiro atoms. The zero-order chi connectivity index (χ0) is 31.5. The van der Waals surface area contributed by atoms with Crippen LogP contribution in [0.15, 0.2) is 107 Å². The third-order valence-corrected chi connectivity index (χ3v) is 7.95. The van der Waals surface area contributed by atoms with E-state index >= 15 is 0 Å². The Morgan fingerprint density at radius 2 is 1.67 bits per heavy atom. The van der Waals surface area contributed by atoms with E-state index in [1.807, 2.05) is 91.9 Å². The number of methoxy groups -OCH3 is 1. The molecule has 6 rings (SSSR count). The second kappa shape index (κ2) is 12.5. The van der Waals surface area contributed by atoms with Crippen LogP contribution in [-0.2, 0) is 6.61 Å². The molecule has 0 saturated carbocycles. The number of hydrogen-bond acceptors (Lipinski definition) is 6. The molecule has 7 nitrogen and oxygen atoms in total. The number of nitrogens with zero attached hydrogens (tertiary/aromatic N) is 4. The van der Waals surface area contributed by atoms with Crippen LogP contribution >= 0.6 is 0 Å². The van der Waals surface area contributed by atoms with Crippen molar-refractivity contribution in [2.45, 2.75) is 33.3 Å². The van der Waals surface area contributed by atoms with Gasteiger partial charge in [-0.05, 0) is 71.1 Å². The quantitative estimate of drug-likeness (QED) is 0.167. The third kappa shape index (κ3) is 5.66. The molecule has 0 fully saturated rings. The van der Waals surface area contributed by atoms with Crippen LogP contribution in [0.5, 0.6) is 11.5 Å². The minimum Gasteiger partial charge on any atom is -0.496 e. The van der Waals surface area contributed by atoms with Crippen molar-refractivity contribution in [1.82, 2.24) is 9.66 Å². The van der Waals surface area contributed by atoms with Gasteiger partial charge in [0.15, 0.2) is 5.82 Å². The molecule has 0 amide bonds. The summed E-state index contributed by atoms with van der Waals surface area (Å²) in [6, 6.07) is 32.7. The Morgan fingerprint density at radius 3 is 2.44 bits per heavy atom. The van der Waals surface area contributed by atoms with Gasteiger partial charge in [-0.25, -0.2) is 4.98 Å². The zero-order valence-electron chi connectivity index (χ0n) is 25.6. The lowest BCUT2D eigenvalue weighted by atomic mass is 9.96. The van der Waals surface area contributed by atoms with E-state index in [1.54, 1.807) is 25.5 Å². The lowest BCUT2D eigenvalue weighted by Crippen LogP contribution is -2.21. The number of nitriles is 1. The smallest absolute Gasteiger partial charge is 0.282 e. The van der Waals surface area contributed by atoms with Gasteiger partial charge >= 0.3 is 0 Å². The Labute approximate surface area is 261 Å². The molecule has 1 heterocycles. The summed E-state index contributed by atoms with van der Waals surface area (Å²) in [7, 11) is 1.66. The Morgan fingerprint density at radius 1 is 0.933 bits per heavy atom. The van der Waals surface area contributed by atoms with Gasteiger partial charge in [0.25, 0.3) is 5.56 Å². The van der Waals surface area contributed by atoms with Gasteiger partial charge in [-0.3, -0.25) is 4.79 Å². The average molecular weight is 593 g/mol. The summed E-state index contributed by atoms with van der Waals surface area (Å²) < 4.78 is 13.4. The lowest BCUT2D eigenvalue weighted by Gasteiger charge is -2.17. The van der Waals surface area contributed by atoms with Gasteiger partial charge in [0.1, 0.15) is 18.1 Å². The number of rotatable bonds is 8. The molecule has 0 aliphatic carbocycles. The first kappa shape index (κ1) is 29.3. The molecular formula is C38H32N4O3. The molecular weight excluding hydrogens is 560 g/mol. The first-order chi connectivity index (χ1) is 21.9. The topological polar surface area (TPSA) is 89.5 Å². The number of para-hydroxylation sites is 1. The van der Waals surface area contributed by atoms with Crippen LogP contribution in [-0.4, -0.2) is 23.0 Å². The normalized spacial score (nSPS) is 11.4. The van der Waals surface area contributed by atoms with E-state index in [0.29, 0.717) is 33.6 Å². The highest BCUT2D eigenvalue weighted by Crippen LogP contribution is 2.34. The molecule has 45 heavy (non-hydrogen) atoms. The Hall–Kier alpha value is -5.74. The summed E-state index contributed by atoms with van der Waals surface area (Å²) >= 11 is 0. The van der Waals surface area contributed by atoms with Gasteiger partial charge < -0.3 is 9.47 Å². The first-order valence-corrected chi connectivity index (χ1v) is 14.8. The predicted octanol–water partition coefficient (Wildman–Crippen LogP) is 7.99. The Kier molecular flexibility index (Phi) is 8.13. The van der Waals surface area contributed by atoms with Crippen LogP contribution in [0.1, 0.15) is 47.6 Å². The van der Waals surface area contributed by atoms with Gasteiger partial charge in [-0.15, -0.1) is 0 Å². The monoisotopic (exact) mass is 592 g/mol. The minimum atomic E-state index is -0.279. The van der Waals surface area contributed by atoms with Gasteiger partial charge in [0.2, 0.25) is 0 Å². The molecule has 7 heteroatoms. The standard InChI is InChI=1S/C38H32N4O3/c1-24(2)31-20-32(25(3)19-36(31)44-4)37-41-34-16-10-9-15-30(34)38(43)42(37)40-22-33-29-14-8-7-11-26(29)17-18-35(33)45-23-28-13-6-5-12-27(28)21-39/h5-20,22,24H,23H2,1-4H3. The van der Waals surface area contributed by atoms with E-state index in [0.717, 1.165) is 38.8 Å². The zero-order valence-corrected chi connectivity index (χ0v) is 25.6. The van der Waals surface area contributed by atoms with E-state index in [-0.39, 0.29) is 18.1 Å². The molecule has 0 bridgehead atoms. The highest BCUT2D eigenvalue weighted by Gasteiger charge is 2.19. The largest absolute Gasteiger partial charge is 0.496 e. The van der Waals surface area contributed by atoms with Crippen LogP contribution in [0, 0.1) is 18.3 Å². The molecule has 0 unspecified atom stereocenters. The highest BCUT2D eigenvalue weighted by atomic mass is 16.5. The van der Waals surface area contributed by atoms with Crippen molar-refractivity contribution in [2.24, 2.45) is 5.10 Å². The van der Waals surface area contributed by atoms with Crippen molar-refractivity contribution in [3.05, 3.63) is 135 Å². The van der Waals surface area contributed by atoms with E-state index in [2.05, 4.69) is 19.9 Å². The highest BCUT2D eigenvalue weighted by molar-refractivity contribution is 6.02. The van der Waals surface area contributed by atoms with E-state index in [9.17, 15) is 10.1 Å². The molecule has 0 radical (unpaired) electrons. The molecule has 5 aromatic carbocycles. The summed E-state index contributed by atoms with van der Waals surface area (Å²) in [6.45, 7) is 6.39. The number of aryl methyl sites for hydroxylation is 1. The summed E-state index contributed by atoms with van der Waals surface area (Å²) in [5.74, 6) is 1.99. The fraction of sp³-hybridized carbons (Fsp3) is 0.158. The maximum Gasteiger partial charge on any atom is 0.282 e. The van der Waals surface area contributed by atoms with Crippen molar-refractivity contribution in [3.8, 4) is 29.0 Å². The van der Waals surface area contributed by atoms with Gasteiger partial charge in [0.05, 0.1) is 35.9 Å². The number of ether oxygens (including phenoxy) is 2. The SMILES string of the molecule is COc1cc(C)c(-c2nc3ccccc3c(=O)n2N=Cc2c(OCc3ccccc3C#N)ccc3ccccc23)cc1C(C)C. The van der Waals surface area contributed by atoms with Crippen LogP contribution < -0.4 is 15.0 Å². The molecule has 0 saturated heterocycles. The minimum absolute atomic E-state index is 0.185. The summed E-state index contributed by atoms with van der Waals surface area (Å²) in [4.78, 5) is 19.0. The summed E-state index contributed by atoms with van der Waals surface area (Å²) in [5, 5.41) is 16.8. The summed E-state index contributed by atoms with van der Waals surface area (Å²) in [6.07, 6.45) is 1.66. The number of benzene rings is 5. The van der Waals surface area contributed by atoms with Gasteiger partial charge in [-0.1, -0.05) is 74.5 Å². The summed E-state index contributed by atoms with van der Waals surface area (Å²) in [5.41, 5.74) is 5.08. The molecule has 0 atom stereocenters. The number of aromatic nitrogens is 2.